The minimum absolute atomic E-state index is 0.0584. The Morgan fingerprint density at radius 1 is 1.43 bits per heavy atom. The Hall–Kier alpha value is -1.11. The van der Waals surface area contributed by atoms with Crippen molar-refractivity contribution in [3.05, 3.63) is 11.3 Å². The maximum atomic E-state index is 9.32. The van der Waals surface area contributed by atoms with E-state index >= 15 is 0 Å². The van der Waals surface area contributed by atoms with Gasteiger partial charge in [-0.25, -0.2) is 0 Å². The van der Waals surface area contributed by atoms with Crippen molar-refractivity contribution < 1.29 is 9.84 Å². The number of anilines is 1. The summed E-state index contributed by atoms with van der Waals surface area (Å²) in [4.78, 5) is 2.27. The van der Waals surface area contributed by atoms with Crippen molar-refractivity contribution in [2.75, 3.05) is 31.2 Å². The molecule has 0 saturated carbocycles. The van der Waals surface area contributed by atoms with Crippen LogP contribution in [-0.4, -0.2) is 52.8 Å². The molecule has 2 heterocycles. The van der Waals surface area contributed by atoms with Gasteiger partial charge in [0.2, 0.25) is 0 Å². The molecular weight excluding hydrogens is 268 g/mol. The van der Waals surface area contributed by atoms with Crippen LogP contribution in [0.4, 0.5) is 5.82 Å². The number of nitrogens with one attached hydrogen (secondary N) is 1. The first kappa shape index (κ1) is 16.3. The van der Waals surface area contributed by atoms with Crippen molar-refractivity contribution >= 4 is 5.82 Å². The van der Waals surface area contributed by atoms with Crippen LogP contribution in [0.5, 0.6) is 0 Å². The van der Waals surface area contributed by atoms with Gasteiger partial charge in [-0.1, -0.05) is 0 Å². The van der Waals surface area contributed by atoms with Crippen LogP contribution in [0.2, 0.25) is 0 Å². The van der Waals surface area contributed by atoms with Crippen LogP contribution in [0.25, 0.3) is 0 Å². The molecule has 0 radical (unpaired) electrons. The zero-order valence-electron chi connectivity index (χ0n) is 13.8. The van der Waals surface area contributed by atoms with Crippen LogP contribution in [0.3, 0.4) is 0 Å². The molecular formula is C15H28N4O2. The fraction of sp³-hybridized carbons (Fsp3) is 0.800. The van der Waals surface area contributed by atoms with E-state index in [1.807, 2.05) is 18.7 Å². The van der Waals surface area contributed by atoms with Gasteiger partial charge in [0.05, 0.1) is 25.0 Å². The summed E-state index contributed by atoms with van der Waals surface area (Å²) in [5.74, 6) is 1.13. The summed E-state index contributed by atoms with van der Waals surface area (Å²) in [7, 11) is 1.98. The normalized spacial score (nSPS) is 20.1. The summed E-state index contributed by atoms with van der Waals surface area (Å²) in [6, 6.07) is 0. The summed E-state index contributed by atoms with van der Waals surface area (Å²) in [6.45, 7) is 11.6. The van der Waals surface area contributed by atoms with Gasteiger partial charge in [-0.2, -0.15) is 5.10 Å². The molecule has 0 bridgehead atoms. The quantitative estimate of drug-likeness (QED) is 0.861. The maximum absolute atomic E-state index is 9.32. The minimum atomic E-state index is -0.114. The van der Waals surface area contributed by atoms with Crippen LogP contribution < -0.4 is 10.2 Å². The molecule has 1 fully saturated rings. The minimum Gasteiger partial charge on any atom is -0.394 e. The third-order valence-electron chi connectivity index (χ3n) is 3.75. The lowest BCUT2D eigenvalue weighted by Gasteiger charge is -2.34. The van der Waals surface area contributed by atoms with Crippen LogP contribution in [0.15, 0.2) is 0 Å². The zero-order valence-corrected chi connectivity index (χ0v) is 13.8. The highest BCUT2D eigenvalue weighted by Crippen LogP contribution is 2.25. The van der Waals surface area contributed by atoms with Crippen molar-refractivity contribution in [1.82, 2.24) is 15.1 Å². The van der Waals surface area contributed by atoms with E-state index in [2.05, 4.69) is 36.1 Å². The highest BCUT2D eigenvalue weighted by Gasteiger charge is 2.26. The fourth-order valence-corrected chi connectivity index (χ4v) is 2.67. The number of aliphatic hydroxyl groups is 1. The lowest BCUT2D eigenvalue weighted by atomic mass is 10.1. The van der Waals surface area contributed by atoms with Crippen molar-refractivity contribution in [3.63, 3.8) is 0 Å². The summed E-state index contributed by atoms with van der Waals surface area (Å²) < 4.78 is 7.48. The van der Waals surface area contributed by atoms with Gasteiger partial charge < -0.3 is 20.1 Å². The number of nitrogens with zero attached hydrogens (tertiary/aromatic N) is 3. The Balaban J connectivity index is 2.21. The second-order valence-electron chi connectivity index (χ2n) is 6.74. The predicted octanol–water partition coefficient (Wildman–Crippen LogP) is 0.814. The lowest BCUT2D eigenvalue weighted by Crippen LogP contribution is -2.45. The first-order chi connectivity index (χ1) is 9.81. The zero-order chi connectivity index (χ0) is 15.6. The smallest absolute Gasteiger partial charge is 0.131 e. The molecule has 0 aromatic carbocycles. The van der Waals surface area contributed by atoms with Crippen LogP contribution in [0, 0.1) is 6.92 Å². The number of ether oxygens (including phenoxy) is 1. The monoisotopic (exact) mass is 296 g/mol. The molecule has 1 unspecified atom stereocenters. The largest absolute Gasteiger partial charge is 0.394 e. The van der Waals surface area contributed by atoms with Crippen molar-refractivity contribution in [3.8, 4) is 0 Å². The van der Waals surface area contributed by atoms with Gasteiger partial charge >= 0.3 is 0 Å². The molecule has 1 saturated heterocycles. The van der Waals surface area contributed by atoms with Gasteiger partial charge in [0.25, 0.3) is 0 Å². The summed E-state index contributed by atoms with van der Waals surface area (Å²) >= 11 is 0. The molecule has 2 N–H and O–H groups in total. The molecule has 0 spiro atoms. The Morgan fingerprint density at radius 3 is 2.76 bits per heavy atom. The van der Waals surface area contributed by atoms with Crippen molar-refractivity contribution in [2.24, 2.45) is 7.05 Å². The number of morpholine rings is 1. The van der Waals surface area contributed by atoms with E-state index in [1.165, 1.54) is 5.56 Å². The number of aliphatic hydroxyl groups excluding tert-OH is 1. The summed E-state index contributed by atoms with van der Waals surface area (Å²) in [5, 5.41) is 17.4. The molecule has 120 valence electrons. The van der Waals surface area contributed by atoms with E-state index in [-0.39, 0.29) is 18.2 Å². The van der Waals surface area contributed by atoms with Crippen molar-refractivity contribution in [1.29, 1.82) is 0 Å². The number of hydrogen-bond acceptors (Lipinski definition) is 5. The van der Waals surface area contributed by atoms with E-state index in [1.54, 1.807) is 0 Å². The molecule has 6 nitrogen and oxygen atoms in total. The molecule has 1 aliphatic rings. The van der Waals surface area contributed by atoms with Crippen LogP contribution in [0.1, 0.15) is 32.0 Å². The van der Waals surface area contributed by atoms with E-state index in [9.17, 15) is 5.11 Å². The Morgan fingerprint density at radius 2 is 2.14 bits per heavy atom. The molecule has 0 amide bonds. The first-order valence-electron chi connectivity index (χ1n) is 7.56. The standard InChI is InChI=1S/C15H28N4O2/c1-11-13(8-16-15(2,3)4)14(18(5)17-11)19-6-7-21-12(9-19)10-20/h12,16,20H,6-10H2,1-5H3. The maximum Gasteiger partial charge on any atom is 0.131 e. The Bertz CT molecular complexity index is 479. The molecule has 1 aromatic rings. The summed E-state index contributed by atoms with van der Waals surface area (Å²) in [6.07, 6.45) is -0.114. The van der Waals surface area contributed by atoms with Crippen LogP contribution in [-0.2, 0) is 18.3 Å². The molecule has 2 rings (SSSR count). The van der Waals surface area contributed by atoms with Gasteiger partial charge in [-0.05, 0) is 27.7 Å². The van der Waals surface area contributed by atoms with Crippen LogP contribution >= 0.6 is 0 Å². The molecule has 0 aliphatic carbocycles. The summed E-state index contributed by atoms with van der Waals surface area (Å²) in [5.41, 5.74) is 2.35. The second kappa shape index (κ2) is 6.34. The van der Waals surface area contributed by atoms with Gasteiger partial charge in [0.15, 0.2) is 0 Å². The third-order valence-corrected chi connectivity index (χ3v) is 3.75. The molecule has 1 aromatic heterocycles. The van der Waals surface area contributed by atoms with Crippen molar-refractivity contribution in [2.45, 2.75) is 45.9 Å². The predicted molar refractivity (Wildman–Crippen MR) is 83.6 cm³/mol. The van der Waals surface area contributed by atoms with Gasteiger partial charge in [0, 0.05) is 37.8 Å². The van der Waals surface area contributed by atoms with Gasteiger partial charge in [0.1, 0.15) is 5.82 Å². The van der Waals surface area contributed by atoms with Gasteiger partial charge in [-0.15, -0.1) is 0 Å². The van der Waals surface area contributed by atoms with E-state index < -0.39 is 0 Å². The number of aryl methyl sites for hydroxylation is 2. The molecule has 6 heteroatoms. The average Bonchev–Trinajstić information content (AvgIpc) is 2.70. The number of aromatic nitrogens is 2. The molecule has 1 aliphatic heterocycles. The molecule has 1 atom stereocenters. The van der Waals surface area contributed by atoms with Gasteiger partial charge in [-0.3, -0.25) is 4.68 Å². The topological polar surface area (TPSA) is 62.6 Å². The highest BCUT2D eigenvalue weighted by atomic mass is 16.5. The van der Waals surface area contributed by atoms with E-state index in [4.69, 9.17) is 4.74 Å². The number of hydrogen-bond donors (Lipinski definition) is 2. The number of rotatable bonds is 4. The average molecular weight is 296 g/mol. The SMILES string of the molecule is Cc1nn(C)c(N2CCOC(CO)C2)c1CNC(C)(C)C. The lowest BCUT2D eigenvalue weighted by molar-refractivity contribution is 0.00314. The Kier molecular flexibility index (Phi) is 4.91. The fourth-order valence-electron chi connectivity index (χ4n) is 2.67. The Labute approximate surface area is 127 Å². The first-order valence-corrected chi connectivity index (χ1v) is 7.56. The highest BCUT2D eigenvalue weighted by molar-refractivity contribution is 5.50. The second-order valence-corrected chi connectivity index (χ2v) is 6.74. The van der Waals surface area contributed by atoms with E-state index in [0.29, 0.717) is 13.2 Å². The molecule has 21 heavy (non-hydrogen) atoms. The third kappa shape index (κ3) is 3.96. The van der Waals surface area contributed by atoms with E-state index in [0.717, 1.165) is 24.6 Å².